The van der Waals surface area contributed by atoms with E-state index >= 15 is 0 Å². The highest BCUT2D eigenvalue weighted by atomic mass is 19.4. The summed E-state index contributed by atoms with van der Waals surface area (Å²) < 4.78 is 37.7. The number of carboxylic acids is 1. The number of carboxylic acid groups (broad SMARTS) is 1. The van der Waals surface area contributed by atoms with Gasteiger partial charge in [0.05, 0.1) is 5.56 Å². The number of nitrogens with one attached hydrogen (secondary N) is 1. The van der Waals surface area contributed by atoms with E-state index in [2.05, 4.69) is 10.3 Å². The molecule has 2 aromatic rings. The number of hydrogen-bond donors (Lipinski definition) is 2. The molecule has 2 rings (SSSR count). The largest absolute Gasteiger partial charge is 0.477 e. The Morgan fingerprint density at radius 3 is 2.67 bits per heavy atom. The SMILES string of the molecule is O=C(O)c1cc(NCc2cccc(C(F)(F)F)c2)ccn1. The van der Waals surface area contributed by atoms with Crippen molar-refractivity contribution in [2.24, 2.45) is 0 Å². The van der Waals surface area contributed by atoms with Crippen LogP contribution >= 0.6 is 0 Å². The summed E-state index contributed by atoms with van der Waals surface area (Å²) in [5.41, 5.74) is 0.0603. The van der Waals surface area contributed by atoms with Gasteiger partial charge in [-0.2, -0.15) is 13.2 Å². The molecule has 1 aromatic carbocycles. The average Bonchev–Trinajstić information content (AvgIpc) is 2.45. The molecule has 0 spiro atoms. The van der Waals surface area contributed by atoms with Gasteiger partial charge in [0.2, 0.25) is 0 Å². The van der Waals surface area contributed by atoms with Crippen LogP contribution in [0.15, 0.2) is 42.6 Å². The summed E-state index contributed by atoms with van der Waals surface area (Å²) in [5.74, 6) is -1.17. The molecule has 2 N–H and O–H groups in total. The second kappa shape index (κ2) is 5.82. The van der Waals surface area contributed by atoms with Crippen LogP contribution in [0.1, 0.15) is 21.6 Å². The molecule has 0 atom stereocenters. The lowest BCUT2D eigenvalue weighted by molar-refractivity contribution is -0.137. The Bertz CT molecular complexity index is 657. The second-order valence-corrected chi connectivity index (χ2v) is 4.29. The van der Waals surface area contributed by atoms with Crippen LogP contribution in [0.25, 0.3) is 0 Å². The predicted molar refractivity (Wildman–Crippen MR) is 70.0 cm³/mol. The lowest BCUT2D eigenvalue weighted by Gasteiger charge is -2.10. The molecular formula is C14H11F3N2O2. The predicted octanol–water partition coefficient (Wildman–Crippen LogP) is 3.41. The standard InChI is InChI=1S/C14H11F3N2O2/c15-14(16,17)10-3-1-2-9(6-10)8-19-11-4-5-18-12(7-11)13(20)21/h1-7H,8H2,(H,18,19)(H,20,21). The molecule has 7 heteroatoms. The van der Waals surface area contributed by atoms with E-state index in [9.17, 15) is 18.0 Å². The van der Waals surface area contributed by atoms with Gasteiger partial charge >= 0.3 is 12.1 Å². The maximum atomic E-state index is 12.6. The number of hydrogen-bond acceptors (Lipinski definition) is 3. The number of aromatic carboxylic acids is 1. The van der Waals surface area contributed by atoms with Gasteiger partial charge in [0, 0.05) is 18.4 Å². The first-order valence-corrected chi connectivity index (χ1v) is 5.95. The molecule has 1 heterocycles. The number of aromatic nitrogens is 1. The number of nitrogens with zero attached hydrogens (tertiary/aromatic N) is 1. The lowest BCUT2D eigenvalue weighted by Crippen LogP contribution is -2.07. The minimum absolute atomic E-state index is 0.135. The fourth-order valence-electron chi connectivity index (χ4n) is 1.72. The Kier molecular flexibility index (Phi) is 4.11. The highest BCUT2D eigenvalue weighted by molar-refractivity contribution is 5.86. The van der Waals surface area contributed by atoms with E-state index in [-0.39, 0.29) is 12.2 Å². The third-order valence-electron chi connectivity index (χ3n) is 2.73. The first-order valence-electron chi connectivity index (χ1n) is 5.95. The molecule has 1 aromatic heterocycles. The van der Waals surface area contributed by atoms with Crippen LogP contribution in [0.2, 0.25) is 0 Å². The van der Waals surface area contributed by atoms with Crippen molar-refractivity contribution in [1.29, 1.82) is 0 Å². The van der Waals surface area contributed by atoms with E-state index < -0.39 is 17.7 Å². The molecule has 4 nitrogen and oxygen atoms in total. The van der Waals surface area contributed by atoms with Gasteiger partial charge in [-0.1, -0.05) is 12.1 Å². The molecule has 0 saturated heterocycles. The zero-order chi connectivity index (χ0) is 15.5. The minimum atomic E-state index is -4.39. The maximum absolute atomic E-state index is 12.6. The zero-order valence-corrected chi connectivity index (χ0v) is 10.7. The van der Waals surface area contributed by atoms with Gasteiger partial charge in [0.15, 0.2) is 0 Å². The van der Waals surface area contributed by atoms with Gasteiger partial charge < -0.3 is 10.4 Å². The van der Waals surface area contributed by atoms with Gasteiger partial charge in [0.1, 0.15) is 5.69 Å². The van der Waals surface area contributed by atoms with Gasteiger partial charge in [-0.25, -0.2) is 9.78 Å². The summed E-state index contributed by atoms with van der Waals surface area (Å²) in [6, 6.07) is 7.79. The van der Waals surface area contributed by atoms with Crippen molar-refractivity contribution >= 4 is 11.7 Å². The number of halogens is 3. The van der Waals surface area contributed by atoms with E-state index in [0.29, 0.717) is 11.3 Å². The summed E-state index contributed by atoms with van der Waals surface area (Å²) in [5, 5.41) is 11.7. The van der Waals surface area contributed by atoms with Gasteiger partial charge in [0.25, 0.3) is 0 Å². The van der Waals surface area contributed by atoms with E-state index in [1.807, 2.05) is 0 Å². The van der Waals surface area contributed by atoms with E-state index in [0.717, 1.165) is 12.1 Å². The Morgan fingerprint density at radius 1 is 1.24 bits per heavy atom. The molecule has 0 amide bonds. The normalized spacial score (nSPS) is 11.2. The minimum Gasteiger partial charge on any atom is -0.477 e. The van der Waals surface area contributed by atoms with Gasteiger partial charge in [-0.3, -0.25) is 0 Å². The first kappa shape index (κ1) is 14.8. The third-order valence-corrected chi connectivity index (χ3v) is 2.73. The zero-order valence-electron chi connectivity index (χ0n) is 10.7. The highest BCUT2D eigenvalue weighted by Gasteiger charge is 2.30. The molecular weight excluding hydrogens is 285 g/mol. The van der Waals surface area contributed by atoms with E-state index in [4.69, 9.17) is 5.11 Å². The Hall–Kier alpha value is -2.57. The van der Waals surface area contributed by atoms with Crippen LogP contribution in [0.5, 0.6) is 0 Å². The average molecular weight is 296 g/mol. The molecule has 0 radical (unpaired) electrons. The molecule has 0 unspecified atom stereocenters. The quantitative estimate of drug-likeness (QED) is 0.907. The molecule has 21 heavy (non-hydrogen) atoms. The first-order chi connectivity index (χ1) is 9.86. The van der Waals surface area contributed by atoms with Crippen LogP contribution in [0.3, 0.4) is 0 Å². The topological polar surface area (TPSA) is 62.2 Å². The van der Waals surface area contributed by atoms with Gasteiger partial charge in [-0.15, -0.1) is 0 Å². The Morgan fingerprint density at radius 2 is 2.00 bits per heavy atom. The number of anilines is 1. The highest BCUT2D eigenvalue weighted by Crippen LogP contribution is 2.29. The Labute approximate surface area is 118 Å². The summed E-state index contributed by atoms with van der Waals surface area (Å²) in [6.07, 6.45) is -3.07. The summed E-state index contributed by atoms with van der Waals surface area (Å²) >= 11 is 0. The summed E-state index contributed by atoms with van der Waals surface area (Å²) in [4.78, 5) is 14.4. The molecule has 0 saturated carbocycles. The molecule has 0 aliphatic rings. The van der Waals surface area contributed by atoms with Gasteiger partial charge in [-0.05, 0) is 29.8 Å². The smallest absolute Gasteiger partial charge is 0.416 e. The molecule has 0 aliphatic carbocycles. The van der Waals surface area contributed by atoms with Crippen molar-refractivity contribution in [3.8, 4) is 0 Å². The van der Waals surface area contributed by atoms with Crippen LogP contribution < -0.4 is 5.32 Å². The van der Waals surface area contributed by atoms with Crippen LogP contribution in [0.4, 0.5) is 18.9 Å². The maximum Gasteiger partial charge on any atom is 0.416 e. The monoisotopic (exact) mass is 296 g/mol. The van der Waals surface area contributed by atoms with Crippen molar-refractivity contribution < 1.29 is 23.1 Å². The van der Waals surface area contributed by atoms with Crippen molar-refractivity contribution in [3.63, 3.8) is 0 Å². The van der Waals surface area contributed by atoms with Crippen molar-refractivity contribution in [1.82, 2.24) is 4.98 Å². The van der Waals surface area contributed by atoms with Crippen molar-refractivity contribution in [2.45, 2.75) is 12.7 Å². The number of pyridine rings is 1. The van der Waals surface area contributed by atoms with Crippen LogP contribution in [-0.4, -0.2) is 16.1 Å². The molecule has 0 bridgehead atoms. The van der Waals surface area contributed by atoms with Crippen LogP contribution in [-0.2, 0) is 12.7 Å². The molecule has 110 valence electrons. The van der Waals surface area contributed by atoms with E-state index in [1.165, 1.54) is 18.3 Å². The fraction of sp³-hybridized carbons (Fsp3) is 0.143. The number of rotatable bonds is 4. The fourth-order valence-corrected chi connectivity index (χ4v) is 1.72. The number of alkyl halides is 3. The van der Waals surface area contributed by atoms with E-state index in [1.54, 1.807) is 12.1 Å². The Balaban J connectivity index is 2.10. The summed E-state index contributed by atoms with van der Waals surface area (Å²) in [6.45, 7) is 0.146. The molecule has 0 fully saturated rings. The number of benzene rings is 1. The van der Waals surface area contributed by atoms with Crippen LogP contribution in [0, 0.1) is 0 Å². The second-order valence-electron chi connectivity index (χ2n) is 4.29. The van der Waals surface area contributed by atoms with Crippen molar-refractivity contribution in [2.75, 3.05) is 5.32 Å². The third kappa shape index (κ3) is 3.95. The lowest BCUT2D eigenvalue weighted by atomic mass is 10.1. The molecule has 0 aliphatic heterocycles. The number of carbonyl (C=O) groups is 1. The van der Waals surface area contributed by atoms with Crippen molar-refractivity contribution in [3.05, 3.63) is 59.4 Å². The summed E-state index contributed by atoms with van der Waals surface area (Å²) in [7, 11) is 0.